The Balaban J connectivity index is 1.65. The molecule has 134 valence electrons. The van der Waals surface area contributed by atoms with Crippen molar-refractivity contribution in [3.8, 4) is 11.3 Å². The minimum Gasteiger partial charge on any atom is -0.125 e. The standard InChI is InChI=1S/C27H18N2/c1-2-12-22-17(7-1)16-24-21-11-6-9-19-15-18-8-5-10-20-23-13-3-4-14-28(23)27(25(18)20,26(19)21)29(22)24/h1-14H,15-16H2/q+2. The number of fused-ring (bicyclic) bond motifs is 5. The Morgan fingerprint density at radius 1 is 0.621 bits per heavy atom. The predicted molar refractivity (Wildman–Crippen MR) is 112 cm³/mol. The summed E-state index contributed by atoms with van der Waals surface area (Å²) in [5.41, 5.74) is 14.0. The Morgan fingerprint density at radius 2 is 1.34 bits per heavy atom. The monoisotopic (exact) mass is 370 g/mol. The van der Waals surface area contributed by atoms with Crippen molar-refractivity contribution in [1.29, 1.82) is 0 Å². The average Bonchev–Trinajstić information content (AvgIpc) is 3.39. The van der Waals surface area contributed by atoms with Gasteiger partial charge >= 0.3 is 5.66 Å². The van der Waals surface area contributed by atoms with Crippen molar-refractivity contribution in [3.05, 3.63) is 118 Å². The van der Waals surface area contributed by atoms with Gasteiger partial charge in [0.1, 0.15) is 11.1 Å². The molecule has 3 aliphatic heterocycles. The van der Waals surface area contributed by atoms with Gasteiger partial charge in [0.15, 0.2) is 6.20 Å². The van der Waals surface area contributed by atoms with Gasteiger partial charge in [-0.25, -0.2) is 0 Å². The highest BCUT2D eigenvalue weighted by molar-refractivity contribution is 6.05. The third kappa shape index (κ3) is 1.39. The minimum absolute atomic E-state index is 0.297. The predicted octanol–water partition coefficient (Wildman–Crippen LogP) is 4.31. The molecule has 1 unspecified atom stereocenters. The molecule has 0 saturated carbocycles. The zero-order chi connectivity index (χ0) is 18.7. The van der Waals surface area contributed by atoms with E-state index in [1.54, 1.807) is 0 Å². The second-order valence-corrected chi connectivity index (χ2v) is 8.57. The molecule has 4 heterocycles. The van der Waals surface area contributed by atoms with Crippen molar-refractivity contribution in [2.24, 2.45) is 0 Å². The first-order chi connectivity index (χ1) is 14.4. The van der Waals surface area contributed by atoms with E-state index in [4.69, 9.17) is 0 Å². The number of rotatable bonds is 0. The van der Waals surface area contributed by atoms with Gasteiger partial charge in [-0.2, -0.15) is 0 Å². The fourth-order valence-corrected chi connectivity index (χ4v) is 6.49. The van der Waals surface area contributed by atoms with Gasteiger partial charge < -0.3 is 0 Å². The van der Waals surface area contributed by atoms with Gasteiger partial charge in [0.2, 0.25) is 17.1 Å². The molecule has 0 bridgehead atoms. The number of hydrogen-bond donors (Lipinski definition) is 0. The molecule has 29 heavy (non-hydrogen) atoms. The van der Waals surface area contributed by atoms with Crippen LogP contribution >= 0.6 is 0 Å². The van der Waals surface area contributed by atoms with E-state index < -0.39 is 0 Å². The van der Waals surface area contributed by atoms with E-state index >= 15 is 0 Å². The summed E-state index contributed by atoms with van der Waals surface area (Å²) in [4.78, 5) is 0. The van der Waals surface area contributed by atoms with Crippen molar-refractivity contribution in [1.82, 2.24) is 0 Å². The second kappa shape index (κ2) is 4.55. The van der Waals surface area contributed by atoms with E-state index in [0.29, 0.717) is 0 Å². The van der Waals surface area contributed by atoms with Crippen LogP contribution in [0.4, 0.5) is 5.69 Å². The highest BCUT2D eigenvalue weighted by atomic mass is 15.3. The van der Waals surface area contributed by atoms with Crippen molar-refractivity contribution in [3.63, 3.8) is 0 Å². The van der Waals surface area contributed by atoms with E-state index in [0.717, 1.165) is 12.8 Å². The van der Waals surface area contributed by atoms with E-state index in [1.165, 1.54) is 56.0 Å². The summed E-state index contributed by atoms with van der Waals surface area (Å²) < 4.78 is 5.20. The quantitative estimate of drug-likeness (QED) is 0.407. The highest BCUT2D eigenvalue weighted by Crippen LogP contribution is 2.56. The molecule has 1 aromatic heterocycles. The summed E-state index contributed by atoms with van der Waals surface area (Å²) in [6, 6.07) is 29.4. The molecule has 0 saturated heterocycles. The van der Waals surface area contributed by atoms with Crippen LogP contribution < -0.4 is 4.57 Å². The lowest BCUT2D eigenvalue weighted by molar-refractivity contribution is -0.874. The van der Waals surface area contributed by atoms with Crippen LogP contribution in [0.3, 0.4) is 0 Å². The minimum atomic E-state index is -0.297. The van der Waals surface area contributed by atoms with Gasteiger partial charge in [0.25, 0.3) is 0 Å². The lowest BCUT2D eigenvalue weighted by Gasteiger charge is -2.27. The van der Waals surface area contributed by atoms with Crippen molar-refractivity contribution >= 4 is 11.4 Å². The molecule has 4 aliphatic rings. The summed E-state index contributed by atoms with van der Waals surface area (Å²) in [7, 11) is 0. The van der Waals surface area contributed by atoms with Crippen LogP contribution in [-0.4, -0.2) is 10.3 Å². The Hall–Kier alpha value is -3.52. The van der Waals surface area contributed by atoms with Crippen molar-refractivity contribution in [2.75, 3.05) is 0 Å². The Labute approximate surface area is 169 Å². The highest BCUT2D eigenvalue weighted by Gasteiger charge is 2.71. The Morgan fingerprint density at radius 3 is 2.24 bits per heavy atom. The zero-order valence-electron chi connectivity index (χ0n) is 15.9. The zero-order valence-corrected chi connectivity index (χ0v) is 15.9. The third-order valence-corrected chi connectivity index (χ3v) is 7.36. The Kier molecular flexibility index (Phi) is 2.27. The van der Waals surface area contributed by atoms with E-state index in [-0.39, 0.29) is 5.66 Å². The summed E-state index contributed by atoms with van der Waals surface area (Å²) in [6.07, 6.45) is 4.31. The van der Waals surface area contributed by atoms with Crippen LogP contribution in [0.15, 0.2) is 85.1 Å². The molecular weight excluding hydrogens is 352 g/mol. The lowest BCUT2D eigenvalue weighted by atomic mass is 9.76. The van der Waals surface area contributed by atoms with Gasteiger partial charge in [-0.1, -0.05) is 42.5 Å². The van der Waals surface area contributed by atoms with Gasteiger partial charge in [0, 0.05) is 23.8 Å². The topological polar surface area (TPSA) is 6.89 Å². The largest absolute Gasteiger partial charge is 0.418 e. The lowest BCUT2D eigenvalue weighted by Crippen LogP contribution is -2.61. The van der Waals surface area contributed by atoms with Crippen LogP contribution in [0.2, 0.25) is 0 Å². The maximum atomic E-state index is 2.66. The van der Waals surface area contributed by atoms with Crippen LogP contribution in [0, 0.1) is 0 Å². The Bertz CT molecular complexity index is 1460. The molecule has 1 atom stereocenters. The fourth-order valence-electron chi connectivity index (χ4n) is 6.49. The fraction of sp³-hybridized carbons (Fsp3) is 0.111. The number of hydrogen-bond acceptors (Lipinski definition) is 0. The smallest absolute Gasteiger partial charge is 0.125 e. The molecule has 1 spiro atoms. The molecule has 3 aromatic carbocycles. The number of pyridine rings is 1. The molecule has 2 nitrogen and oxygen atoms in total. The first-order valence-electron chi connectivity index (χ1n) is 10.4. The van der Waals surface area contributed by atoms with Crippen molar-refractivity contribution in [2.45, 2.75) is 18.5 Å². The molecule has 0 amide bonds. The maximum Gasteiger partial charge on any atom is 0.418 e. The molecule has 0 fully saturated rings. The second-order valence-electron chi connectivity index (χ2n) is 8.57. The summed E-state index contributed by atoms with van der Waals surface area (Å²) in [6.45, 7) is 0. The first kappa shape index (κ1) is 14.5. The summed E-state index contributed by atoms with van der Waals surface area (Å²) in [5.74, 6) is 0. The number of para-hydroxylation sites is 1. The SMILES string of the molecule is c1ccc2c(c1)CC1=[N+]2C23c4c(cccc41)Cc1cccc(c12)-c1cccc[n+]13. The maximum absolute atomic E-state index is 2.66. The molecule has 2 heteroatoms. The summed E-state index contributed by atoms with van der Waals surface area (Å²) >= 11 is 0. The summed E-state index contributed by atoms with van der Waals surface area (Å²) in [5, 5.41) is 0. The molecule has 0 N–H and O–H groups in total. The molecule has 0 radical (unpaired) electrons. The van der Waals surface area contributed by atoms with Crippen LogP contribution in [0.25, 0.3) is 11.3 Å². The normalized spacial score (nSPS) is 20.8. The number of aromatic nitrogens is 1. The molecule has 4 aromatic rings. The molecular formula is C27H18N2+2. The molecule has 1 aliphatic carbocycles. The van der Waals surface area contributed by atoms with E-state index in [2.05, 4.69) is 94.2 Å². The average molecular weight is 370 g/mol. The van der Waals surface area contributed by atoms with Crippen LogP contribution in [0.1, 0.15) is 33.4 Å². The molecule has 8 rings (SSSR count). The van der Waals surface area contributed by atoms with Gasteiger partial charge in [-0.05, 0) is 35.7 Å². The van der Waals surface area contributed by atoms with Crippen LogP contribution in [0.5, 0.6) is 0 Å². The first-order valence-corrected chi connectivity index (χ1v) is 10.4. The van der Waals surface area contributed by atoms with Gasteiger partial charge in [-0.15, -0.1) is 9.14 Å². The van der Waals surface area contributed by atoms with Gasteiger partial charge in [0.05, 0.1) is 17.5 Å². The van der Waals surface area contributed by atoms with E-state index in [1.807, 2.05) is 0 Å². The number of nitrogens with zero attached hydrogens (tertiary/aromatic N) is 2. The number of benzene rings is 3. The third-order valence-electron chi connectivity index (χ3n) is 7.36. The van der Waals surface area contributed by atoms with Gasteiger partial charge in [-0.3, -0.25) is 0 Å². The van der Waals surface area contributed by atoms with E-state index in [9.17, 15) is 0 Å². The van der Waals surface area contributed by atoms with Crippen LogP contribution in [-0.2, 0) is 18.5 Å². The van der Waals surface area contributed by atoms with Crippen molar-refractivity contribution < 1.29 is 9.14 Å².